The molecule has 17 heavy (non-hydrogen) atoms. The number of nitriles is 2. The SMILES string of the molecule is CCc1cccc(CC)c1NC=C(C#N)C#N. The van der Waals surface area contributed by atoms with Crippen LogP contribution in [0.1, 0.15) is 25.0 Å². The van der Waals surface area contributed by atoms with E-state index in [2.05, 4.69) is 19.2 Å². The summed E-state index contributed by atoms with van der Waals surface area (Å²) in [6.45, 7) is 4.17. The Morgan fingerprint density at radius 2 is 1.71 bits per heavy atom. The highest BCUT2D eigenvalue weighted by Gasteiger charge is 2.04. The molecule has 3 heteroatoms. The van der Waals surface area contributed by atoms with Crippen molar-refractivity contribution < 1.29 is 0 Å². The molecule has 1 aromatic rings. The highest BCUT2D eigenvalue weighted by Crippen LogP contribution is 2.22. The molecule has 0 heterocycles. The molecule has 1 rings (SSSR count). The highest BCUT2D eigenvalue weighted by molar-refractivity contribution is 5.60. The van der Waals surface area contributed by atoms with E-state index in [9.17, 15) is 0 Å². The molecule has 0 fully saturated rings. The third-order valence-electron chi connectivity index (χ3n) is 2.60. The Kier molecular flexibility index (Phi) is 4.78. The maximum atomic E-state index is 8.68. The normalized spacial score (nSPS) is 8.94. The fraction of sp³-hybridized carbons (Fsp3) is 0.286. The van der Waals surface area contributed by atoms with Crippen molar-refractivity contribution in [3.63, 3.8) is 0 Å². The number of rotatable bonds is 4. The third-order valence-corrected chi connectivity index (χ3v) is 2.60. The molecule has 0 bridgehead atoms. The van der Waals surface area contributed by atoms with E-state index in [-0.39, 0.29) is 5.57 Å². The molecule has 0 aliphatic carbocycles. The van der Waals surface area contributed by atoms with Crippen molar-refractivity contribution >= 4 is 5.69 Å². The van der Waals surface area contributed by atoms with Gasteiger partial charge < -0.3 is 5.32 Å². The molecule has 0 atom stereocenters. The van der Waals surface area contributed by atoms with Gasteiger partial charge in [0.15, 0.2) is 0 Å². The number of para-hydroxylation sites is 1. The predicted octanol–water partition coefficient (Wildman–Crippen LogP) is 3.15. The first-order chi connectivity index (χ1) is 8.26. The quantitative estimate of drug-likeness (QED) is 0.801. The lowest BCUT2D eigenvalue weighted by molar-refractivity contribution is 1.09. The van der Waals surface area contributed by atoms with Crippen LogP contribution in [-0.2, 0) is 12.8 Å². The number of nitrogens with one attached hydrogen (secondary N) is 1. The molecule has 86 valence electrons. The molecular weight excluding hydrogens is 210 g/mol. The highest BCUT2D eigenvalue weighted by atomic mass is 14.8. The predicted molar refractivity (Wildman–Crippen MR) is 68.1 cm³/mol. The van der Waals surface area contributed by atoms with E-state index < -0.39 is 0 Å². The first kappa shape index (κ1) is 12.8. The van der Waals surface area contributed by atoms with Crippen LogP contribution in [0.25, 0.3) is 0 Å². The van der Waals surface area contributed by atoms with Crippen molar-refractivity contribution in [1.29, 1.82) is 10.5 Å². The summed E-state index contributed by atoms with van der Waals surface area (Å²) in [6.07, 6.45) is 3.30. The lowest BCUT2D eigenvalue weighted by Gasteiger charge is -2.12. The van der Waals surface area contributed by atoms with Crippen LogP contribution in [0.4, 0.5) is 5.69 Å². The van der Waals surface area contributed by atoms with Crippen LogP contribution in [0.2, 0.25) is 0 Å². The molecule has 0 amide bonds. The third kappa shape index (κ3) is 3.09. The number of aryl methyl sites for hydroxylation is 2. The number of anilines is 1. The van der Waals surface area contributed by atoms with Gasteiger partial charge in [-0.2, -0.15) is 10.5 Å². The van der Waals surface area contributed by atoms with Gasteiger partial charge in [-0.3, -0.25) is 0 Å². The second-order valence-corrected chi connectivity index (χ2v) is 3.58. The van der Waals surface area contributed by atoms with E-state index in [1.807, 2.05) is 30.3 Å². The molecule has 3 nitrogen and oxygen atoms in total. The van der Waals surface area contributed by atoms with E-state index in [0.717, 1.165) is 18.5 Å². The summed E-state index contributed by atoms with van der Waals surface area (Å²) in [5.41, 5.74) is 3.48. The number of hydrogen-bond donors (Lipinski definition) is 1. The summed E-state index contributed by atoms with van der Waals surface area (Å²) < 4.78 is 0. The minimum atomic E-state index is 0.0814. The van der Waals surface area contributed by atoms with Gasteiger partial charge >= 0.3 is 0 Å². The molecule has 1 aromatic carbocycles. The topological polar surface area (TPSA) is 59.6 Å². The van der Waals surface area contributed by atoms with Crippen molar-refractivity contribution in [2.45, 2.75) is 26.7 Å². The first-order valence-electron chi connectivity index (χ1n) is 5.64. The van der Waals surface area contributed by atoms with Gasteiger partial charge in [-0.1, -0.05) is 32.0 Å². The maximum Gasteiger partial charge on any atom is 0.145 e. The van der Waals surface area contributed by atoms with Crippen molar-refractivity contribution in [3.05, 3.63) is 41.1 Å². The molecule has 0 spiro atoms. The molecular formula is C14H15N3. The van der Waals surface area contributed by atoms with Gasteiger partial charge in [0.25, 0.3) is 0 Å². The monoisotopic (exact) mass is 225 g/mol. The molecule has 0 aromatic heterocycles. The molecule has 0 aliphatic rings. The average molecular weight is 225 g/mol. The van der Waals surface area contributed by atoms with Crippen molar-refractivity contribution in [2.75, 3.05) is 5.32 Å². The molecule has 0 saturated heterocycles. The summed E-state index contributed by atoms with van der Waals surface area (Å²) in [6, 6.07) is 9.80. The summed E-state index contributed by atoms with van der Waals surface area (Å²) in [5.74, 6) is 0. The van der Waals surface area contributed by atoms with E-state index in [0.29, 0.717) is 0 Å². The zero-order chi connectivity index (χ0) is 12.7. The fourth-order valence-corrected chi connectivity index (χ4v) is 1.66. The Bertz CT molecular complexity index is 463. The maximum absolute atomic E-state index is 8.68. The molecule has 1 N–H and O–H groups in total. The Morgan fingerprint density at radius 3 is 2.12 bits per heavy atom. The second-order valence-electron chi connectivity index (χ2n) is 3.58. The summed E-state index contributed by atoms with van der Waals surface area (Å²) in [7, 11) is 0. The van der Waals surface area contributed by atoms with Crippen molar-refractivity contribution in [2.24, 2.45) is 0 Å². The lowest BCUT2D eigenvalue weighted by Crippen LogP contribution is -1.99. The van der Waals surface area contributed by atoms with Crippen LogP contribution < -0.4 is 5.32 Å². The number of hydrogen-bond acceptors (Lipinski definition) is 3. The summed E-state index contributed by atoms with van der Waals surface area (Å²) >= 11 is 0. The van der Waals surface area contributed by atoms with Gasteiger partial charge in [0, 0.05) is 11.9 Å². The Balaban J connectivity index is 3.09. The summed E-state index contributed by atoms with van der Waals surface area (Å²) in [4.78, 5) is 0. The van der Waals surface area contributed by atoms with E-state index >= 15 is 0 Å². The second kappa shape index (κ2) is 6.35. The van der Waals surface area contributed by atoms with Crippen LogP contribution in [0, 0.1) is 22.7 Å². The van der Waals surface area contributed by atoms with E-state index in [1.54, 1.807) is 0 Å². The summed E-state index contributed by atoms with van der Waals surface area (Å²) in [5, 5.41) is 20.4. The zero-order valence-electron chi connectivity index (χ0n) is 10.1. The van der Waals surface area contributed by atoms with E-state index in [4.69, 9.17) is 10.5 Å². The van der Waals surface area contributed by atoms with Crippen LogP contribution in [0.5, 0.6) is 0 Å². The van der Waals surface area contributed by atoms with Crippen molar-refractivity contribution in [1.82, 2.24) is 0 Å². The zero-order valence-corrected chi connectivity index (χ0v) is 10.1. The lowest BCUT2D eigenvalue weighted by atomic mass is 10.0. The average Bonchev–Trinajstić information content (AvgIpc) is 2.39. The van der Waals surface area contributed by atoms with Gasteiger partial charge in [-0.15, -0.1) is 0 Å². The van der Waals surface area contributed by atoms with E-state index in [1.165, 1.54) is 17.3 Å². The van der Waals surface area contributed by atoms with Crippen LogP contribution in [0.3, 0.4) is 0 Å². The molecule has 0 saturated carbocycles. The molecule has 0 radical (unpaired) electrons. The Morgan fingerprint density at radius 1 is 1.18 bits per heavy atom. The van der Waals surface area contributed by atoms with Crippen LogP contribution in [-0.4, -0.2) is 0 Å². The van der Waals surface area contributed by atoms with Crippen molar-refractivity contribution in [3.8, 4) is 12.1 Å². The minimum Gasteiger partial charge on any atom is -0.359 e. The number of benzene rings is 1. The van der Waals surface area contributed by atoms with Gasteiger partial charge in [-0.25, -0.2) is 0 Å². The number of allylic oxidation sites excluding steroid dienone is 1. The molecule has 0 aliphatic heterocycles. The molecule has 0 unspecified atom stereocenters. The van der Waals surface area contributed by atoms with Gasteiger partial charge in [0.2, 0.25) is 0 Å². The minimum absolute atomic E-state index is 0.0814. The largest absolute Gasteiger partial charge is 0.359 e. The van der Waals surface area contributed by atoms with Gasteiger partial charge in [-0.05, 0) is 24.0 Å². The fourth-order valence-electron chi connectivity index (χ4n) is 1.66. The Labute approximate surface area is 102 Å². The van der Waals surface area contributed by atoms with Gasteiger partial charge in [0.05, 0.1) is 0 Å². The Hall–Kier alpha value is -2.26. The van der Waals surface area contributed by atoms with Crippen LogP contribution in [0.15, 0.2) is 30.0 Å². The standard InChI is InChI=1S/C14H15N3/c1-3-12-6-5-7-13(4-2)14(12)17-10-11(8-15)9-16/h5-7,10,17H,3-4H2,1-2H3. The number of nitrogens with zero attached hydrogens (tertiary/aromatic N) is 2. The van der Waals surface area contributed by atoms with Gasteiger partial charge in [0.1, 0.15) is 17.7 Å². The smallest absolute Gasteiger partial charge is 0.145 e. The van der Waals surface area contributed by atoms with Crippen LogP contribution >= 0.6 is 0 Å². The first-order valence-corrected chi connectivity index (χ1v) is 5.64.